The van der Waals surface area contributed by atoms with Crippen LogP contribution in [0.2, 0.25) is 0 Å². The van der Waals surface area contributed by atoms with Crippen LogP contribution in [0.25, 0.3) is 5.65 Å². The van der Waals surface area contributed by atoms with Gasteiger partial charge >= 0.3 is 0 Å². The fraction of sp³-hybridized carbons (Fsp3) is 0.500. The summed E-state index contributed by atoms with van der Waals surface area (Å²) in [6, 6.07) is 6.15. The lowest BCUT2D eigenvalue weighted by Gasteiger charge is -2.18. The monoisotopic (exact) mass is 284 g/mol. The first-order valence-corrected chi connectivity index (χ1v) is 7.66. The molecule has 2 aliphatic rings. The van der Waals surface area contributed by atoms with Gasteiger partial charge in [0.15, 0.2) is 0 Å². The molecule has 2 N–H and O–H groups in total. The number of fused-ring (bicyclic) bond motifs is 2. The number of rotatable bonds is 2. The lowest BCUT2D eigenvalue weighted by molar-refractivity contribution is -0.129. The number of aromatic nitrogens is 2. The molecule has 3 heterocycles. The van der Waals surface area contributed by atoms with E-state index >= 15 is 0 Å². The number of amides is 1. The van der Waals surface area contributed by atoms with Crippen LogP contribution in [-0.4, -0.2) is 39.3 Å². The van der Waals surface area contributed by atoms with E-state index in [2.05, 4.69) is 4.98 Å². The Morgan fingerprint density at radius 1 is 1.33 bits per heavy atom. The van der Waals surface area contributed by atoms with Gasteiger partial charge in [0.1, 0.15) is 5.65 Å². The second-order valence-corrected chi connectivity index (χ2v) is 6.34. The fourth-order valence-electron chi connectivity index (χ4n) is 3.85. The van der Waals surface area contributed by atoms with Crippen molar-refractivity contribution in [3.63, 3.8) is 0 Å². The molecule has 1 amide bonds. The van der Waals surface area contributed by atoms with Crippen LogP contribution in [0.5, 0.6) is 0 Å². The second kappa shape index (κ2) is 4.84. The third-order valence-corrected chi connectivity index (χ3v) is 5.01. The van der Waals surface area contributed by atoms with Gasteiger partial charge in [0, 0.05) is 31.5 Å². The van der Waals surface area contributed by atoms with Gasteiger partial charge in [-0.25, -0.2) is 4.98 Å². The van der Waals surface area contributed by atoms with Crippen LogP contribution in [0.1, 0.15) is 18.5 Å². The number of nitrogens with zero attached hydrogens (tertiary/aromatic N) is 3. The highest BCUT2D eigenvalue weighted by Gasteiger charge is 2.42. The maximum Gasteiger partial charge on any atom is 0.228 e. The Morgan fingerprint density at radius 2 is 2.24 bits per heavy atom. The van der Waals surface area contributed by atoms with Crippen LogP contribution in [0.3, 0.4) is 0 Å². The van der Waals surface area contributed by atoms with Gasteiger partial charge < -0.3 is 15.0 Å². The number of pyridine rings is 1. The second-order valence-electron chi connectivity index (χ2n) is 6.34. The largest absolute Gasteiger partial charge is 0.342 e. The Bertz CT molecular complexity index is 647. The molecule has 2 aromatic heterocycles. The molecule has 1 aliphatic carbocycles. The average molecular weight is 284 g/mol. The van der Waals surface area contributed by atoms with Crippen LogP contribution < -0.4 is 5.73 Å². The quantitative estimate of drug-likeness (QED) is 0.897. The van der Waals surface area contributed by atoms with Crippen molar-refractivity contribution in [2.24, 2.45) is 17.6 Å². The molecule has 110 valence electrons. The summed E-state index contributed by atoms with van der Waals surface area (Å²) in [5, 5.41) is 0. The summed E-state index contributed by atoms with van der Waals surface area (Å²) in [6.45, 7) is 1.71. The van der Waals surface area contributed by atoms with Gasteiger partial charge in [-0.2, -0.15) is 0 Å². The molecule has 4 rings (SSSR count). The standard InChI is InChI=1S/C16H20N4O/c17-14-5-4-11-8-20(10-13(11)14)16(21)7-12-9-19-6-2-1-3-15(19)18-12/h1-3,6,9,11,13-14H,4-5,7-8,10,17H2. The normalized spacial score (nSPS) is 28.2. The predicted octanol–water partition coefficient (Wildman–Crippen LogP) is 1.07. The van der Waals surface area contributed by atoms with E-state index in [1.807, 2.05) is 39.9 Å². The summed E-state index contributed by atoms with van der Waals surface area (Å²) < 4.78 is 1.96. The van der Waals surface area contributed by atoms with Gasteiger partial charge in [0.25, 0.3) is 0 Å². The summed E-state index contributed by atoms with van der Waals surface area (Å²) >= 11 is 0. The first-order chi connectivity index (χ1) is 10.2. The minimum Gasteiger partial charge on any atom is -0.342 e. The molecule has 0 bridgehead atoms. The van der Waals surface area contributed by atoms with Gasteiger partial charge in [-0.3, -0.25) is 4.79 Å². The molecule has 0 aromatic carbocycles. The molecule has 0 spiro atoms. The molecule has 3 unspecified atom stereocenters. The summed E-state index contributed by atoms with van der Waals surface area (Å²) in [4.78, 5) is 19.0. The molecule has 2 fully saturated rings. The molecule has 1 saturated heterocycles. The van der Waals surface area contributed by atoms with E-state index in [-0.39, 0.29) is 11.9 Å². The number of carbonyl (C=O) groups excluding carboxylic acids is 1. The topological polar surface area (TPSA) is 63.6 Å². The van der Waals surface area contributed by atoms with E-state index in [4.69, 9.17) is 5.73 Å². The Kier molecular flexibility index (Phi) is 2.96. The molecule has 2 aromatic rings. The highest BCUT2D eigenvalue weighted by atomic mass is 16.2. The van der Waals surface area contributed by atoms with Gasteiger partial charge in [0.2, 0.25) is 5.91 Å². The van der Waals surface area contributed by atoms with Crippen molar-refractivity contribution in [3.8, 4) is 0 Å². The predicted molar refractivity (Wildman–Crippen MR) is 79.7 cm³/mol. The van der Waals surface area contributed by atoms with Crippen LogP contribution in [-0.2, 0) is 11.2 Å². The SMILES string of the molecule is NC1CCC2CN(C(=O)Cc3cn4ccccc4n3)CC12. The molecule has 5 heteroatoms. The minimum absolute atomic E-state index is 0.181. The minimum atomic E-state index is 0.181. The zero-order valence-electron chi connectivity index (χ0n) is 12.0. The summed E-state index contributed by atoms with van der Waals surface area (Å²) in [5.74, 6) is 1.31. The Hall–Kier alpha value is -1.88. The number of likely N-dealkylation sites (tertiary alicyclic amines) is 1. The van der Waals surface area contributed by atoms with E-state index < -0.39 is 0 Å². The number of hydrogen-bond donors (Lipinski definition) is 1. The first kappa shape index (κ1) is 12.8. The molecular formula is C16H20N4O. The molecule has 3 atom stereocenters. The van der Waals surface area contributed by atoms with E-state index in [0.29, 0.717) is 18.3 Å². The highest BCUT2D eigenvalue weighted by molar-refractivity contribution is 5.79. The van der Waals surface area contributed by atoms with Crippen LogP contribution in [0.15, 0.2) is 30.6 Å². The van der Waals surface area contributed by atoms with Crippen molar-refractivity contribution >= 4 is 11.6 Å². The van der Waals surface area contributed by atoms with Crippen LogP contribution in [0.4, 0.5) is 0 Å². The molecule has 0 radical (unpaired) electrons. The average Bonchev–Trinajstić information content (AvgIpc) is 3.14. The van der Waals surface area contributed by atoms with Gasteiger partial charge in [-0.15, -0.1) is 0 Å². The third-order valence-electron chi connectivity index (χ3n) is 5.01. The summed E-state index contributed by atoms with van der Waals surface area (Å²) in [6.07, 6.45) is 6.57. The third kappa shape index (κ3) is 2.21. The zero-order chi connectivity index (χ0) is 14.4. The van der Waals surface area contributed by atoms with E-state index in [9.17, 15) is 4.79 Å². The van der Waals surface area contributed by atoms with E-state index in [1.165, 1.54) is 6.42 Å². The Labute approximate surface area is 123 Å². The maximum absolute atomic E-state index is 12.5. The van der Waals surface area contributed by atoms with Gasteiger partial charge in [-0.05, 0) is 36.8 Å². The van der Waals surface area contributed by atoms with E-state index in [0.717, 1.165) is 30.9 Å². The fourth-order valence-corrected chi connectivity index (χ4v) is 3.85. The number of carbonyl (C=O) groups is 1. The first-order valence-electron chi connectivity index (χ1n) is 7.66. The van der Waals surface area contributed by atoms with Crippen molar-refractivity contribution in [2.75, 3.05) is 13.1 Å². The molecule has 5 nitrogen and oxygen atoms in total. The van der Waals surface area contributed by atoms with Crippen molar-refractivity contribution in [1.82, 2.24) is 14.3 Å². The van der Waals surface area contributed by atoms with Crippen LogP contribution >= 0.6 is 0 Å². The van der Waals surface area contributed by atoms with Crippen molar-refractivity contribution in [1.29, 1.82) is 0 Å². The molecule has 21 heavy (non-hydrogen) atoms. The molecule has 1 aliphatic heterocycles. The smallest absolute Gasteiger partial charge is 0.228 e. The Morgan fingerprint density at radius 3 is 3.05 bits per heavy atom. The summed E-state index contributed by atoms with van der Waals surface area (Å²) in [7, 11) is 0. The van der Waals surface area contributed by atoms with Gasteiger partial charge in [0.05, 0.1) is 12.1 Å². The zero-order valence-corrected chi connectivity index (χ0v) is 12.0. The van der Waals surface area contributed by atoms with Crippen LogP contribution in [0, 0.1) is 11.8 Å². The molecule has 1 saturated carbocycles. The lowest BCUT2D eigenvalue weighted by Crippen LogP contribution is -2.34. The number of nitrogens with two attached hydrogens (primary N) is 1. The Balaban J connectivity index is 1.46. The maximum atomic E-state index is 12.5. The highest BCUT2D eigenvalue weighted by Crippen LogP contribution is 2.37. The van der Waals surface area contributed by atoms with E-state index in [1.54, 1.807) is 0 Å². The summed E-state index contributed by atoms with van der Waals surface area (Å²) in [5.41, 5.74) is 7.86. The number of imidazole rings is 1. The van der Waals surface area contributed by atoms with Crippen molar-refractivity contribution < 1.29 is 4.79 Å². The molecular weight excluding hydrogens is 264 g/mol. The van der Waals surface area contributed by atoms with Crippen molar-refractivity contribution in [3.05, 3.63) is 36.3 Å². The number of hydrogen-bond acceptors (Lipinski definition) is 3. The van der Waals surface area contributed by atoms with Crippen molar-refractivity contribution in [2.45, 2.75) is 25.3 Å². The van der Waals surface area contributed by atoms with Gasteiger partial charge in [-0.1, -0.05) is 6.07 Å². The lowest BCUT2D eigenvalue weighted by atomic mass is 9.98.